The fraction of sp³-hybridized carbons (Fsp3) is 0.312. The van der Waals surface area contributed by atoms with Gasteiger partial charge in [-0.25, -0.2) is 0 Å². The molecule has 0 spiro atoms. The number of benzene rings is 1. The van der Waals surface area contributed by atoms with E-state index in [-0.39, 0.29) is 5.91 Å². The van der Waals surface area contributed by atoms with E-state index in [0.717, 1.165) is 22.6 Å². The molecule has 0 aliphatic heterocycles. The molecule has 0 saturated heterocycles. The van der Waals surface area contributed by atoms with Gasteiger partial charge < -0.3 is 15.1 Å². The highest BCUT2D eigenvalue weighted by atomic mass is 16.3. The maximum Gasteiger partial charge on any atom is 0.261 e. The lowest BCUT2D eigenvalue weighted by atomic mass is 10.1. The summed E-state index contributed by atoms with van der Waals surface area (Å²) in [6.07, 6.45) is 0. The van der Waals surface area contributed by atoms with Gasteiger partial charge in [0.2, 0.25) is 0 Å². The van der Waals surface area contributed by atoms with Gasteiger partial charge in [0, 0.05) is 24.8 Å². The maximum atomic E-state index is 12.6. The quantitative estimate of drug-likeness (QED) is 0.934. The molecule has 4 heteroatoms. The minimum absolute atomic E-state index is 0.0580. The first kappa shape index (κ1) is 14.3. The number of nitrogens with two attached hydrogens (primary N) is 1. The number of amides is 1. The first-order valence-electron chi connectivity index (χ1n) is 6.59. The van der Waals surface area contributed by atoms with Gasteiger partial charge in [-0.15, -0.1) is 0 Å². The second-order valence-electron chi connectivity index (χ2n) is 4.95. The summed E-state index contributed by atoms with van der Waals surface area (Å²) >= 11 is 0. The molecule has 2 rings (SSSR count). The summed E-state index contributed by atoms with van der Waals surface area (Å²) in [5.74, 6) is 1.39. The Hall–Kier alpha value is -2.07. The van der Waals surface area contributed by atoms with Gasteiger partial charge in [0.15, 0.2) is 0 Å². The van der Waals surface area contributed by atoms with E-state index < -0.39 is 0 Å². The third kappa shape index (κ3) is 2.47. The summed E-state index contributed by atoms with van der Waals surface area (Å²) in [6.45, 7) is 6.09. The Morgan fingerprint density at radius 3 is 2.20 bits per heavy atom. The smallest absolute Gasteiger partial charge is 0.261 e. The molecule has 1 aromatic heterocycles. The number of hydrogen-bond donors (Lipinski definition) is 1. The maximum absolute atomic E-state index is 12.6. The zero-order valence-corrected chi connectivity index (χ0v) is 12.4. The van der Waals surface area contributed by atoms with Crippen molar-refractivity contribution < 1.29 is 9.21 Å². The second kappa shape index (κ2) is 5.51. The van der Waals surface area contributed by atoms with Crippen molar-refractivity contribution in [1.82, 2.24) is 0 Å². The Bertz CT molecular complexity index is 627. The van der Waals surface area contributed by atoms with E-state index in [9.17, 15) is 4.79 Å². The molecule has 2 N–H and O–H groups in total. The Kier molecular flexibility index (Phi) is 3.95. The first-order chi connectivity index (χ1) is 9.45. The minimum atomic E-state index is -0.0580. The van der Waals surface area contributed by atoms with Gasteiger partial charge in [0.05, 0.1) is 5.56 Å². The van der Waals surface area contributed by atoms with Crippen molar-refractivity contribution >= 4 is 11.6 Å². The zero-order valence-electron chi connectivity index (χ0n) is 12.4. The fourth-order valence-corrected chi connectivity index (χ4v) is 2.25. The molecule has 0 atom stereocenters. The minimum Gasteiger partial charge on any atom is -0.466 e. The Balaban J connectivity index is 2.32. The molecule has 0 unspecified atom stereocenters. The summed E-state index contributed by atoms with van der Waals surface area (Å²) < 4.78 is 5.52. The van der Waals surface area contributed by atoms with Crippen LogP contribution in [-0.4, -0.2) is 13.0 Å². The van der Waals surface area contributed by atoms with E-state index in [1.54, 1.807) is 11.9 Å². The van der Waals surface area contributed by atoms with Gasteiger partial charge >= 0.3 is 0 Å². The van der Waals surface area contributed by atoms with Gasteiger partial charge in [0.25, 0.3) is 5.91 Å². The molecule has 0 radical (unpaired) electrons. The molecule has 0 bridgehead atoms. The van der Waals surface area contributed by atoms with E-state index in [4.69, 9.17) is 10.2 Å². The van der Waals surface area contributed by atoms with Gasteiger partial charge in [-0.2, -0.15) is 0 Å². The summed E-state index contributed by atoms with van der Waals surface area (Å²) in [7, 11) is 1.76. The van der Waals surface area contributed by atoms with Crippen LogP contribution in [0.2, 0.25) is 0 Å². The molecule has 0 saturated carbocycles. The second-order valence-corrected chi connectivity index (χ2v) is 4.95. The fourth-order valence-electron chi connectivity index (χ4n) is 2.25. The van der Waals surface area contributed by atoms with Crippen molar-refractivity contribution in [3.05, 3.63) is 52.5 Å². The molecular formula is C16H20N2O2. The summed E-state index contributed by atoms with van der Waals surface area (Å²) in [5.41, 5.74) is 9.00. The van der Waals surface area contributed by atoms with Crippen LogP contribution in [0.4, 0.5) is 5.69 Å². The summed E-state index contributed by atoms with van der Waals surface area (Å²) in [5, 5.41) is 0. The van der Waals surface area contributed by atoms with Crippen molar-refractivity contribution in [2.24, 2.45) is 5.73 Å². The van der Waals surface area contributed by atoms with Gasteiger partial charge in [0.1, 0.15) is 11.5 Å². The Labute approximate surface area is 119 Å². The number of furan rings is 1. The van der Waals surface area contributed by atoms with Crippen LogP contribution < -0.4 is 10.6 Å². The molecule has 0 fully saturated rings. The van der Waals surface area contributed by atoms with Crippen LogP contribution in [0.15, 0.2) is 28.7 Å². The lowest BCUT2D eigenvalue weighted by molar-refractivity contribution is 0.0991. The summed E-state index contributed by atoms with van der Waals surface area (Å²) in [4.78, 5) is 14.2. The molecule has 1 heterocycles. The number of carbonyl (C=O) groups is 1. The zero-order chi connectivity index (χ0) is 14.9. The third-order valence-electron chi connectivity index (χ3n) is 3.64. The Morgan fingerprint density at radius 1 is 1.15 bits per heavy atom. The van der Waals surface area contributed by atoms with E-state index in [1.807, 2.05) is 45.0 Å². The van der Waals surface area contributed by atoms with E-state index >= 15 is 0 Å². The lowest BCUT2D eigenvalue weighted by Gasteiger charge is -2.18. The molecule has 20 heavy (non-hydrogen) atoms. The van der Waals surface area contributed by atoms with E-state index in [0.29, 0.717) is 17.9 Å². The lowest BCUT2D eigenvalue weighted by Crippen LogP contribution is -2.27. The highest BCUT2D eigenvalue weighted by molar-refractivity contribution is 6.07. The first-order valence-corrected chi connectivity index (χ1v) is 6.59. The third-order valence-corrected chi connectivity index (χ3v) is 3.64. The number of anilines is 1. The number of carbonyl (C=O) groups excluding carboxylic acids is 1. The van der Waals surface area contributed by atoms with Gasteiger partial charge in [-0.3, -0.25) is 4.79 Å². The Morgan fingerprint density at radius 2 is 1.75 bits per heavy atom. The van der Waals surface area contributed by atoms with Crippen molar-refractivity contribution in [1.29, 1.82) is 0 Å². The van der Waals surface area contributed by atoms with Crippen molar-refractivity contribution in [2.45, 2.75) is 27.3 Å². The average molecular weight is 272 g/mol. The van der Waals surface area contributed by atoms with Crippen LogP contribution in [0.5, 0.6) is 0 Å². The van der Waals surface area contributed by atoms with Crippen LogP contribution in [0, 0.1) is 20.8 Å². The normalized spacial score (nSPS) is 10.7. The number of rotatable bonds is 3. The van der Waals surface area contributed by atoms with Crippen molar-refractivity contribution in [3.8, 4) is 0 Å². The van der Waals surface area contributed by atoms with Crippen molar-refractivity contribution in [3.63, 3.8) is 0 Å². The van der Waals surface area contributed by atoms with Crippen LogP contribution in [0.3, 0.4) is 0 Å². The van der Waals surface area contributed by atoms with Crippen LogP contribution in [0.25, 0.3) is 0 Å². The van der Waals surface area contributed by atoms with E-state index in [1.165, 1.54) is 0 Å². The average Bonchev–Trinajstić information content (AvgIpc) is 2.71. The van der Waals surface area contributed by atoms with Crippen LogP contribution in [-0.2, 0) is 6.54 Å². The molecule has 2 aromatic rings. The summed E-state index contributed by atoms with van der Waals surface area (Å²) in [6, 6.07) is 7.66. The van der Waals surface area contributed by atoms with Gasteiger partial charge in [-0.1, -0.05) is 12.1 Å². The number of nitrogens with zero attached hydrogens (tertiary/aromatic N) is 1. The molecule has 1 aromatic carbocycles. The van der Waals surface area contributed by atoms with Crippen LogP contribution in [0.1, 0.15) is 33.0 Å². The van der Waals surface area contributed by atoms with Gasteiger partial charge in [-0.05, 0) is 38.5 Å². The molecule has 106 valence electrons. The molecule has 1 amide bonds. The number of hydrogen-bond acceptors (Lipinski definition) is 3. The van der Waals surface area contributed by atoms with Crippen LogP contribution >= 0.6 is 0 Å². The molecule has 4 nitrogen and oxygen atoms in total. The largest absolute Gasteiger partial charge is 0.466 e. The molecular weight excluding hydrogens is 252 g/mol. The van der Waals surface area contributed by atoms with E-state index in [2.05, 4.69) is 0 Å². The highest BCUT2D eigenvalue weighted by Crippen LogP contribution is 2.24. The highest BCUT2D eigenvalue weighted by Gasteiger charge is 2.22. The predicted octanol–water partition coefficient (Wildman–Crippen LogP) is 2.94. The topological polar surface area (TPSA) is 59.5 Å². The standard InChI is InChI=1S/C16H20N2O2/c1-10-11(2)20-12(3)15(10)16(19)18(4)14-7-5-13(9-17)6-8-14/h5-8H,9,17H2,1-4H3. The SMILES string of the molecule is Cc1oc(C)c(C(=O)N(C)c2ccc(CN)cc2)c1C. The monoisotopic (exact) mass is 272 g/mol. The number of aryl methyl sites for hydroxylation is 2. The van der Waals surface area contributed by atoms with Crippen molar-refractivity contribution in [2.75, 3.05) is 11.9 Å². The molecule has 0 aliphatic carbocycles. The predicted molar refractivity (Wildman–Crippen MR) is 80.0 cm³/mol. The molecule has 0 aliphatic rings.